The van der Waals surface area contributed by atoms with E-state index >= 15 is 0 Å². The Morgan fingerprint density at radius 1 is 1.32 bits per heavy atom. The summed E-state index contributed by atoms with van der Waals surface area (Å²) in [5.74, 6) is 0.605. The van der Waals surface area contributed by atoms with Crippen molar-refractivity contribution in [3.8, 4) is 0 Å². The summed E-state index contributed by atoms with van der Waals surface area (Å²) in [7, 11) is 0. The molecule has 22 heavy (non-hydrogen) atoms. The lowest BCUT2D eigenvalue weighted by atomic mass is 10.3. The third kappa shape index (κ3) is 8.24. The summed E-state index contributed by atoms with van der Waals surface area (Å²) in [5.41, 5.74) is 1.05. The molecule has 6 heteroatoms. The Labute approximate surface area is 132 Å². The van der Waals surface area contributed by atoms with E-state index < -0.39 is 0 Å². The lowest BCUT2D eigenvalue weighted by Crippen LogP contribution is -2.38. The topological polar surface area (TPSA) is 75.6 Å². The van der Waals surface area contributed by atoms with E-state index in [1.807, 2.05) is 32.0 Å². The second-order valence-corrected chi connectivity index (χ2v) is 4.67. The summed E-state index contributed by atoms with van der Waals surface area (Å²) >= 11 is 0. The number of carbonyl (C=O) groups is 1. The van der Waals surface area contributed by atoms with Crippen molar-refractivity contribution in [1.82, 2.24) is 15.6 Å². The van der Waals surface area contributed by atoms with Crippen LogP contribution in [-0.2, 0) is 16.0 Å². The molecule has 0 saturated carbocycles. The highest BCUT2D eigenvalue weighted by atomic mass is 16.5. The van der Waals surface area contributed by atoms with E-state index in [4.69, 9.17) is 4.74 Å². The zero-order valence-corrected chi connectivity index (χ0v) is 13.5. The van der Waals surface area contributed by atoms with Gasteiger partial charge in [0.2, 0.25) is 0 Å². The smallest absolute Gasteiger partial charge is 0.305 e. The van der Waals surface area contributed by atoms with Crippen LogP contribution in [0, 0.1) is 0 Å². The second-order valence-electron chi connectivity index (χ2n) is 4.67. The van der Waals surface area contributed by atoms with Gasteiger partial charge in [-0.15, -0.1) is 0 Å². The Morgan fingerprint density at radius 2 is 2.18 bits per heavy atom. The third-order valence-corrected chi connectivity index (χ3v) is 2.86. The van der Waals surface area contributed by atoms with E-state index in [-0.39, 0.29) is 5.97 Å². The van der Waals surface area contributed by atoms with Crippen LogP contribution in [0.1, 0.15) is 32.4 Å². The van der Waals surface area contributed by atoms with Gasteiger partial charge in [-0.25, -0.2) is 0 Å². The highest BCUT2D eigenvalue weighted by Gasteiger charge is 2.01. The number of carbonyl (C=O) groups excluding carboxylic acids is 1. The Bertz CT molecular complexity index is 449. The molecule has 1 rings (SSSR count). The molecule has 0 fully saturated rings. The lowest BCUT2D eigenvalue weighted by Gasteiger charge is -2.11. The molecule has 0 atom stereocenters. The fraction of sp³-hybridized carbons (Fsp3) is 0.562. The van der Waals surface area contributed by atoms with Crippen molar-refractivity contribution in [2.45, 2.75) is 33.1 Å². The van der Waals surface area contributed by atoms with Crippen LogP contribution in [0.2, 0.25) is 0 Å². The van der Waals surface area contributed by atoms with Gasteiger partial charge in [-0.1, -0.05) is 6.07 Å². The molecule has 2 N–H and O–H groups in total. The number of nitrogens with zero attached hydrogens (tertiary/aromatic N) is 2. The van der Waals surface area contributed by atoms with Crippen LogP contribution in [0.4, 0.5) is 0 Å². The average Bonchev–Trinajstić information content (AvgIpc) is 2.53. The first kappa shape index (κ1) is 17.9. The molecule has 1 aromatic rings. The highest BCUT2D eigenvalue weighted by Crippen LogP contribution is 1.95. The van der Waals surface area contributed by atoms with E-state index in [2.05, 4.69) is 20.6 Å². The van der Waals surface area contributed by atoms with Gasteiger partial charge in [0.1, 0.15) is 0 Å². The van der Waals surface area contributed by atoms with E-state index in [1.54, 1.807) is 6.20 Å². The standard InChI is InChI=1S/C16H26N4O2/c1-3-17-16(19-12-7-9-15(21)22-4-2)20-13-10-14-8-5-6-11-18-14/h5-6,8,11H,3-4,7,9-10,12-13H2,1-2H3,(H2,17,19,20). The minimum absolute atomic E-state index is 0.161. The van der Waals surface area contributed by atoms with Gasteiger partial charge in [0, 0.05) is 44.4 Å². The summed E-state index contributed by atoms with van der Waals surface area (Å²) in [6, 6.07) is 5.90. The number of rotatable bonds is 9. The SMILES string of the molecule is CCNC(=NCCCC(=O)OCC)NCCc1ccccn1. The molecule has 0 saturated heterocycles. The number of pyridine rings is 1. The molecule has 0 amide bonds. The largest absolute Gasteiger partial charge is 0.466 e. The number of guanidine groups is 1. The Morgan fingerprint density at radius 3 is 2.86 bits per heavy atom. The number of ether oxygens (including phenoxy) is 1. The molecule has 122 valence electrons. The van der Waals surface area contributed by atoms with Gasteiger partial charge in [-0.3, -0.25) is 14.8 Å². The van der Waals surface area contributed by atoms with Gasteiger partial charge in [0.05, 0.1) is 6.61 Å². The van der Waals surface area contributed by atoms with E-state index in [9.17, 15) is 4.79 Å². The van der Waals surface area contributed by atoms with Gasteiger partial charge in [0.25, 0.3) is 0 Å². The number of esters is 1. The average molecular weight is 306 g/mol. The van der Waals surface area contributed by atoms with Crippen LogP contribution in [0.15, 0.2) is 29.4 Å². The minimum atomic E-state index is -0.161. The first-order valence-corrected chi connectivity index (χ1v) is 7.84. The van der Waals surface area contributed by atoms with Gasteiger partial charge < -0.3 is 15.4 Å². The van der Waals surface area contributed by atoms with Crippen molar-refractivity contribution >= 4 is 11.9 Å². The molecule has 1 aromatic heterocycles. The summed E-state index contributed by atoms with van der Waals surface area (Å²) < 4.78 is 4.88. The Balaban J connectivity index is 2.28. The maximum Gasteiger partial charge on any atom is 0.305 e. The molecule has 0 spiro atoms. The van der Waals surface area contributed by atoms with Crippen molar-refractivity contribution < 1.29 is 9.53 Å². The van der Waals surface area contributed by atoms with Crippen LogP contribution in [0.3, 0.4) is 0 Å². The predicted molar refractivity (Wildman–Crippen MR) is 87.8 cm³/mol. The molecule has 0 unspecified atom stereocenters. The number of aliphatic imine (C=N–C) groups is 1. The Kier molecular flexibility index (Phi) is 9.41. The Hall–Kier alpha value is -2.11. The van der Waals surface area contributed by atoms with Gasteiger partial charge in [-0.05, 0) is 32.4 Å². The minimum Gasteiger partial charge on any atom is -0.466 e. The van der Waals surface area contributed by atoms with Crippen molar-refractivity contribution in [3.63, 3.8) is 0 Å². The first-order chi connectivity index (χ1) is 10.8. The zero-order valence-electron chi connectivity index (χ0n) is 13.5. The lowest BCUT2D eigenvalue weighted by molar-refractivity contribution is -0.143. The quantitative estimate of drug-likeness (QED) is 0.313. The summed E-state index contributed by atoms with van der Waals surface area (Å²) in [5, 5.41) is 6.45. The third-order valence-electron chi connectivity index (χ3n) is 2.86. The van der Waals surface area contributed by atoms with Crippen LogP contribution < -0.4 is 10.6 Å². The number of aromatic nitrogens is 1. The van der Waals surface area contributed by atoms with Gasteiger partial charge in [-0.2, -0.15) is 0 Å². The van der Waals surface area contributed by atoms with Crippen LogP contribution >= 0.6 is 0 Å². The molecule has 0 aromatic carbocycles. The fourth-order valence-electron chi connectivity index (χ4n) is 1.84. The molecule has 0 bridgehead atoms. The summed E-state index contributed by atoms with van der Waals surface area (Å²) in [4.78, 5) is 20.0. The van der Waals surface area contributed by atoms with Gasteiger partial charge in [0.15, 0.2) is 5.96 Å². The summed E-state index contributed by atoms with van der Waals surface area (Å²) in [6.45, 7) is 6.42. The van der Waals surface area contributed by atoms with Crippen molar-refractivity contribution in [3.05, 3.63) is 30.1 Å². The maximum atomic E-state index is 11.2. The summed E-state index contributed by atoms with van der Waals surface area (Å²) in [6.07, 6.45) is 3.73. The molecule has 0 aliphatic carbocycles. The molecular formula is C16H26N4O2. The number of hydrogen-bond donors (Lipinski definition) is 2. The maximum absolute atomic E-state index is 11.2. The van der Waals surface area contributed by atoms with E-state index in [0.717, 1.165) is 31.2 Å². The number of nitrogens with one attached hydrogen (secondary N) is 2. The molecule has 0 aliphatic heterocycles. The number of hydrogen-bond acceptors (Lipinski definition) is 4. The molecule has 0 aliphatic rings. The van der Waals surface area contributed by atoms with Crippen molar-refractivity contribution in [1.29, 1.82) is 0 Å². The van der Waals surface area contributed by atoms with E-state index in [0.29, 0.717) is 26.0 Å². The van der Waals surface area contributed by atoms with Crippen molar-refractivity contribution in [2.75, 3.05) is 26.2 Å². The monoisotopic (exact) mass is 306 g/mol. The van der Waals surface area contributed by atoms with Crippen LogP contribution in [-0.4, -0.2) is 43.2 Å². The van der Waals surface area contributed by atoms with Gasteiger partial charge >= 0.3 is 5.97 Å². The van der Waals surface area contributed by atoms with E-state index in [1.165, 1.54) is 0 Å². The first-order valence-electron chi connectivity index (χ1n) is 7.84. The second kappa shape index (κ2) is 11.5. The normalized spacial score (nSPS) is 11.1. The van der Waals surface area contributed by atoms with Crippen LogP contribution in [0.5, 0.6) is 0 Å². The van der Waals surface area contributed by atoms with Crippen molar-refractivity contribution in [2.24, 2.45) is 4.99 Å². The van der Waals surface area contributed by atoms with Crippen LogP contribution in [0.25, 0.3) is 0 Å². The molecular weight excluding hydrogens is 280 g/mol. The fourth-order valence-corrected chi connectivity index (χ4v) is 1.84. The molecule has 1 heterocycles. The molecule has 6 nitrogen and oxygen atoms in total. The predicted octanol–water partition coefficient (Wildman–Crippen LogP) is 1.52. The zero-order chi connectivity index (χ0) is 16.0. The molecule has 0 radical (unpaired) electrons. The highest BCUT2D eigenvalue weighted by molar-refractivity contribution is 5.79.